The van der Waals surface area contributed by atoms with Crippen molar-refractivity contribution in [1.29, 1.82) is 0 Å². The number of alkyl halides is 3. The minimum Gasteiger partial charge on any atom is -0.480 e. The lowest BCUT2D eigenvalue weighted by Gasteiger charge is -2.19. The van der Waals surface area contributed by atoms with Crippen LogP contribution in [0.4, 0.5) is 13.2 Å². The van der Waals surface area contributed by atoms with Crippen molar-refractivity contribution in [3.05, 3.63) is 35.4 Å². The van der Waals surface area contributed by atoms with E-state index in [-0.39, 0.29) is 17.9 Å². The molecule has 0 aromatic heterocycles. The van der Waals surface area contributed by atoms with Crippen molar-refractivity contribution >= 4 is 11.9 Å². The molecule has 4 N–H and O–H groups in total. The number of benzene rings is 1. The first-order chi connectivity index (χ1) is 11.0. The number of nitrogens with two attached hydrogens (primary N) is 1. The van der Waals surface area contributed by atoms with E-state index in [9.17, 15) is 27.9 Å². The van der Waals surface area contributed by atoms with Crippen LogP contribution in [0.15, 0.2) is 24.3 Å². The van der Waals surface area contributed by atoms with Crippen LogP contribution < -0.4 is 11.1 Å². The number of carboxylic acid groups (broad SMARTS) is 1. The molecule has 0 aliphatic heterocycles. The normalized spacial score (nSPS) is 14.3. The Labute approximate surface area is 138 Å². The van der Waals surface area contributed by atoms with Crippen molar-refractivity contribution in [1.82, 2.24) is 5.32 Å². The highest BCUT2D eigenvalue weighted by molar-refractivity contribution is 5.86. The van der Waals surface area contributed by atoms with E-state index in [1.807, 2.05) is 13.8 Å². The van der Waals surface area contributed by atoms with E-state index in [4.69, 9.17) is 5.73 Å². The molecule has 2 atom stereocenters. The fraction of sp³-hybridized carbons (Fsp3) is 0.500. The SMILES string of the molecule is CC(C)C[C@H](N)C(=O)N[C@@H](Cc1cccc(C(F)(F)F)c1)C(=O)O. The molecule has 0 bridgehead atoms. The summed E-state index contributed by atoms with van der Waals surface area (Å²) in [7, 11) is 0. The predicted molar refractivity (Wildman–Crippen MR) is 82.1 cm³/mol. The molecular weight excluding hydrogens is 325 g/mol. The Balaban J connectivity index is 2.84. The van der Waals surface area contributed by atoms with Crippen molar-refractivity contribution in [2.75, 3.05) is 0 Å². The highest BCUT2D eigenvalue weighted by atomic mass is 19.4. The number of rotatable bonds is 7. The van der Waals surface area contributed by atoms with Crippen LogP contribution in [-0.4, -0.2) is 29.1 Å². The molecule has 0 aliphatic carbocycles. The second-order valence-electron chi connectivity index (χ2n) is 6.04. The maximum absolute atomic E-state index is 12.7. The summed E-state index contributed by atoms with van der Waals surface area (Å²) in [6, 6.07) is 2.13. The van der Waals surface area contributed by atoms with Crippen LogP contribution in [0.2, 0.25) is 0 Å². The number of nitrogens with one attached hydrogen (secondary N) is 1. The Bertz CT molecular complexity index is 588. The second kappa shape index (κ2) is 8.14. The van der Waals surface area contributed by atoms with Gasteiger partial charge in [0, 0.05) is 6.42 Å². The quantitative estimate of drug-likeness (QED) is 0.706. The monoisotopic (exact) mass is 346 g/mol. The molecule has 24 heavy (non-hydrogen) atoms. The third-order valence-electron chi connectivity index (χ3n) is 3.37. The molecule has 0 radical (unpaired) electrons. The lowest BCUT2D eigenvalue weighted by molar-refractivity contribution is -0.142. The van der Waals surface area contributed by atoms with Gasteiger partial charge in [-0.3, -0.25) is 4.79 Å². The maximum Gasteiger partial charge on any atom is 0.416 e. The predicted octanol–water partition coefficient (Wildman–Crippen LogP) is 2.19. The number of carbonyl (C=O) groups excluding carboxylic acids is 1. The van der Waals surface area contributed by atoms with Gasteiger partial charge in [0.15, 0.2) is 0 Å². The molecule has 1 amide bonds. The van der Waals surface area contributed by atoms with Crippen molar-refractivity contribution in [3.63, 3.8) is 0 Å². The highest BCUT2D eigenvalue weighted by Gasteiger charge is 2.31. The van der Waals surface area contributed by atoms with E-state index in [2.05, 4.69) is 5.32 Å². The Kier molecular flexibility index (Phi) is 6.77. The average Bonchev–Trinajstić information content (AvgIpc) is 2.45. The van der Waals surface area contributed by atoms with Crippen molar-refractivity contribution in [2.45, 2.75) is 44.9 Å². The number of amides is 1. The average molecular weight is 346 g/mol. The Morgan fingerprint density at radius 3 is 2.42 bits per heavy atom. The molecule has 0 fully saturated rings. The van der Waals surface area contributed by atoms with Crippen LogP contribution in [0.1, 0.15) is 31.4 Å². The summed E-state index contributed by atoms with van der Waals surface area (Å²) in [4.78, 5) is 23.2. The Morgan fingerprint density at radius 1 is 1.29 bits per heavy atom. The van der Waals surface area contributed by atoms with Crippen LogP contribution in [0, 0.1) is 5.92 Å². The molecule has 1 rings (SSSR count). The number of hydrogen-bond acceptors (Lipinski definition) is 3. The summed E-state index contributed by atoms with van der Waals surface area (Å²) >= 11 is 0. The van der Waals surface area contributed by atoms with Gasteiger partial charge in [-0.1, -0.05) is 32.0 Å². The molecule has 0 saturated heterocycles. The summed E-state index contributed by atoms with van der Waals surface area (Å²) < 4.78 is 38.1. The first-order valence-electron chi connectivity index (χ1n) is 7.45. The van der Waals surface area contributed by atoms with Crippen LogP contribution in [0.5, 0.6) is 0 Å². The van der Waals surface area contributed by atoms with Crippen LogP contribution in [-0.2, 0) is 22.2 Å². The van der Waals surface area contributed by atoms with Crippen molar-refractivity contribution < 1.29 is 27.9 Å². The van der Waals surface area contributed by atoms with E-state index in [0.29, 0.717) is 6.42 Å². The minimum atomic E-state index is -4.52. The zero-order valence-corrected chi connectivity index (χ0v) is 13.4. The fourth-order valence-electron chi connectivity index (χ4n) is 2.20. The fourth-order valence-corrected chi connectivity index (χ4v) is 2.20. The molecule has 8 heteroatoms. The molecule has 1 aromatic rings. The molecule has 0 aliphatic rings. The molecular formula is C16H21F3N2O3. The number of halogens is 3. The van der Waals surface area contributed by atoms with Crippen LogP contribution >= 0.6 is 0 Å². The van der Waals surface area contributed by atoms with E-state index in [0.717, 1.165) is 12.1 Å². The van der Waals surface area contributed by atoms with Crippen molar-refractivity contribution in [3.8, 4) is 0 Å². The van der Waals surface area contributed by atoms with Crippen LogP contribution in [0.25, 0.3) is 0 Å². The molecule has 5 nitrogen and oxygen atoms in total. The molecule has 134 valence electrons. The maximum atomic E-state index is 12.7. The van der Waals surface area contributed by atoms with Gasteiger partial charge in [-0.2, -0.15) is 13.2 Å². The standard InChI is InChI=1S/C16H21F3N2O3/c1-9(2)6-12(20)14(22)21-13(15(23)24)8-10-4-3-5-11(7-10)16(17,18)19/h3-5,7,9,12-13H,6,8,20H2,1-2H3,(H,21,22)(H,23,24)/t12-,13-/m0/s1. The molecule has 0 spiro atoms. The van der Waals surface area contributed by atoms with Gasteiger partial charge in [0.25, 0.3) is 0 Å². The summed E-state index contributed by atoms with van der Waals surface area (Å²) in [6.45, 7) is 3.73. The van der Waals surface area contributed by atoms with Crippen molar-refractivity contribution in [2.24, 2.45) is 11.7 Å². The van der Waals surface area contributed by atoms with E-state index in [1.165, 1.54) is 12.1 Å². The first kappa shape index (κ1) is 20.0. The summed E-state index contributed by atoms with van der Waals surface area (Å²) in [6.07, 6.45) is -4.40. The Hall–Kier alpha value is -2.09. The third-order valence-corrected chi connectivity index (χ3v) is 3.37. The van der Waals surface area contributed by atoms with Gasteiger partial charge < -0.3 is 16.2 Å². The number of aliphatic carboxylic acids is 1. The summed E-state index contributed by atoms with van der Waals surface area (Å²) in [5, 5.41) is 11.5. The van der Waals surface area contributed by atoms with E-state index < -0.39 is 35.7 Å². The minimum absolute atomic E-state index is 0.150. The number of hydrogen-bond donors (Lipinski definition) is 3. The van der Waals surface area contributed by atoms with E-state index in [1.54, 1.807) is 0 Å². The molecule has 0 heterocycles. The van der Waals surface area contributed by atoms with E-state index >= 15 is 0 Å². The third kappa shape index (κ3) is 6.19. The first-order valence-corrected chi connectivity index (χ1v) is 7.45. The highest BCUT2D eigenvalue weighted by Crippen LogP contribution is 2.29. The summed E-state index contributed by atoms with van der Waals surface area (Å²) in [5.41, 5.74) is 4.98. The van der Waals surface area contributed by atoms with Gasteiger partial charge in [-0.25, -0.2) is 4.79 Å². The summed E-state index contributed by atoms with van der Waals surface area (Å²) in [5.74, 6) is -1.82. The Morgan fingerprint density at radius 2 is 1.92 bits per heavy atom. The largest absolute Gasteiger partial charge is 0.480 e. The lowest BCUT2D eigenvalue weighted by atomic mass is 10.0. The lowest BCUT2D eigenvalue weighted by Crippen LogP contribution is -2.49. The molecule has 1 aromatic carbocycles. The van der Waals surface area contributed by atoms with Gasteiger partial charge in [0.2, 0.25) is 5.91 Å². The number of carboxylic acids is 1. The molecule has 0 unspecified atom stereocenters. The number of carbonyl (C=O) groups is 2. The zero-order chi connectivity index (χ0) is 18.5. The van der Waals surface area contributed by atoms with Gasteiger partial charge in [0.1, 0.15) is 6.04 Å². The topological polar surface area (TPSA) is 92.4 Å². The van der Waals surface area contributed by atoms with Gasteiger partial charge in [-0.05, 0) is 24.0 Å². The van der Waals surface area contributed by atoms with Gasteiger partial charge in [-0.15, -0.1) is 0 Å². The smallest absolute Gasteiger partial charge is 0.416 e. The van der Waals surface area contributed by atoms with Crippen LogP contribution in [0.3, 0.4) is 0 Å². The zero-order valence-electron chi connectivity index (χ0n) is 13.4. The van der Waals surface area contributed by atoms with Gasteiger partial charge in [0.05, 0.1) is 11.6 Å². The molecule has 0 saturated carbocycles. The second-order valence-corrected chi connectivity index (χ2v) is 6.04. The van der Waals surface area contributed by atoms with Gasteiger partial charge >= 0.3 is 12.1 Å².